The van der Waals surface area contributed by atoms with Crippen LogP contribution in [0.4, 0.5) is 8.78 Å². The van der Waals surface area contributed by atoms with E-state index in [-0.39, 0.29) is 36.3 Å². The van der Waals surface area contributed by atoms with E-state index in [1.165, 1.54) is 29.8 Å². The Hall–Kier alpha value is -2.81. The first-order valence-corrected chi connectivity index (χ1v) is 10.4. The van der Waals surface area contributed by atoms with Crippen molar-refractivity contribution in [3.63, 3.8) is 0 Å². The van der Waals surface area contributed by atoms with Crippen molar-refractivity contribution in [3.05, 3.63) is 50.7 Å². The summed E-state index contributed by atoms with van der Waals surface area (Å²) >= 11 is 0. The number of fused-ring (bicyclic) bond motifs is 1. The summed E-state index contributed by atoms with van der Waals surface area (Å²) < 4.78 is 31.9. The predicted molar refractivity (Wildman–Crippen MR) is 115 cm³/mol. The van der Waals surface area contributed by atoms with Gasteiger partial charge in [0.1, 0.15) is 5.82 Å². The number of aromatic nitrogens is 4. The van der Waals surface area contributed by atoms with Gasteiger partial charge in [0, 0.05) is 44.8 Å². The fraction of sp³-hybridized carbons (Fsp3) is 0.500. The molecule has 1 aromatic carbocycles. The molecule has 9 heteroatoms. The molecule has 0 aliphatic heterocycles. The third-order valence-electron chi connectivity index (χ3n) is 5.33. The Morgan fingerprint density at radius 3 is 2.48 bits per heavy atom. The zero-order valence-electron chi connectivity index (χ0n) is 18.2. The number of benzene rings is 1. The van der Waals surface area contributed by atoms with Crippen molar-refractivity contribution in [2.75, 3.05) is 6.61 Å². The third kappa shape index (κ3) is 4.46. The van der Waals surface area contributed by atoms with Crippen LogP contribution in [0.3, 0.4) is 0 Å². The molecule has 0 atom stereocenters. The smallest absolute Gasteiger partial charge is 0.332 e. The summed E-state index contributed by atoms with van der Waals surface area (Å²) in [5, 5.41) is 9.13. The highest BCUT2D eigenvalue weighted by atomic mass is 19.3. The topological polar surface area (TPSA) is 82.1 Å². The molecule has 2 aromatic heterocycles. The average Bonchev–Trinajstić information content (AvgIpc) is 3.10. The van der Waals surface area contributed by atoms with Crippen LogP contribution >= 0.6 is 0 Å². The monoisotopic (exact) mass is 434 g/mol. The molecule has 0 aliphatic carbocycles. The van der Waals surface area contributed by atoms with Gasteiger partial charge >= 0.3 is 5.69 Å². The molecule has 2 heterocycles. The largest absolute Gasteiger partial charge is 0.396 e. The van der Waals surface area contributed by atoms with Crippen LogP contribution in [0.5, 0.6) is 0 Å². The standard InChI is InChI=1S/C22H28F2N4O3/c1-14(2)9-11-27-17-19(26(4)21(31)28(20(17)30)10-6-12-29)25-18(27)15-7-5-8-16(13-15)22(3,23)24/h5,7-8,13-14,29H,6,9-12H2,1-4H3. The summed E-state index contributed by atoms with van der Waals surface area (Å²) in [6, 6.07) is 5.93. The molecule has 0 fully saturated rings. The van der Waals surface area contributed by atoms with Gasteiger partial charge in [0.25, 0.3) is 11.5 Å². The normalized spacial score (nSPS) is 12.3. The molecule has 31 heavy (non-hydrogen) atoms. The average molecular weight is 434 g/mol. The number of aliphatic hydroxyl groups is 1. The molecule has 3 aromatic rings. The van der Waals surface area contributed by atoms with Gasteiger partial charge in [0.15, 0.2) is 11.2 Å². The van der Waals surface area contributed by atoms with Gasteiger partial charge < -0.3 is 9.67 Å². The van der Waals surface area contributed by atoms with E-state index >= 15 is 0 Å². The molecule has 0 aliphatic rings. The van der Waals surface area contributed by atoms with E-state index in [4.69, 9.17) is 5.11 Å². The second kappa shape index (κ2) is 8.74. The van der Waals surface area contributed by atoms with Crippen LogP contribution < -0.4 is 11.2 Å². The van der Waals surface area contributed by atoms with Gasteiger partial charge in [0.05, 0.1) is 0 Å². The third-order valence-corrected chi connectivity index (χ3v) is 5.33. The van der Waals surface area contributed by atoms with Crippen LogP contribution in [0.1, 0.15) is 39.2 Å². The maximum absolute atomic E-state index is 13.9. The Morgan fingerprint density at radius 1 is 1.16 bits per heavy atom. The Kier molecular flexibility index (Phi) is 6.45. The van der Waals surface area contributed by atoms with Crippen molar-refractivity contribution in [3.8, 4) is 11.4 Å². The number of hydrogen-bond acceptors (Lipinski definition) is 4. The first-order chi connectivity index (χ1) is 14.6. The van der Waals surface area contributed by atoms with Crippen LogP contribution in [0, 0.1) is 5.92 Å². The molecule has 0 unspecified atom stereocenters. The number of aryl methyl sites for hydroxylation is 2. The minimum atomic E-state index is -3.02. The SMILES string of the molecule is CC(C)CCn1c(-c2cccc(C(C)(F)F)c2)nc2c1c(=O)n(CCCO)c(=O)n2C. The lowest BCUT2D eigenvalue weighted by Gasteiger charge is -2.14. The molecule has 7 nitrogen and oxygen atoms in total. The van der Waals surface area contributed by atoms with Crippen LogP contribution in [0.2, 0.25) is 0 Å². The Labute approximate surface area is 178 Å². The predicted octanol–water partition coefficient (Wildman–Crippen LogP) is 3.10. The van der Waals surface area contributed by atoms with Gasteiger partial charge in [0.2, 0.25) is 0 Å². The number of rotatable bonds is 8. The molecular formula is C22H28F2N4O3. The number of alkyl halides is 2. The van der Waals surface area contributed by atoms with Gasteiger partial charge in [-0.05, 0) is 24.8 Å². The molecular weight excluding hydrogens is 406 g/mol. The molecule has 0 amide bonds. The summed E-state index contributed by atoms with van der Waals surface area (Å²) in [5.41, 5.74) is -0.257. The minimum Gasteiger partial charge on any atom is -0.396 e. The van der Waals surface area contributed by atoms with Crippen molar-refractivity contribution < 1.29 is 13.9 Å². The van der Waals surface area contributed by atoms with Crippen LogP contribution in [-0.2, 0) is 26.1 Å². The van der Waals surface area contributed by atoms with Gasteiger partial charge in [-0.2, -0.15) is 0 Å². The molecule has 0 bridgehead atoms. The number of aliphatic hydroxyl groups excluding tert-OH is 1. The first-order valence-electron chi connectivity index (χ1n) is 10.4. The summed E-state index contributed by atoms with van der Waals surface area (Å²) in [7, 11) is 1.53. The van der Waals surface area contributed by atoms with E-state index in [0.29, 0.717) is 23.9 Å². The lowest BCUT2D eigenvalue weighted by Crippen LogP contribution is -2.39. The molecule has 168 valence electrons. The van der Waals surface area contributed by atoms with Gasteiger partial charge in [-0.3, -0.25) is 13.9 Å². The van der Waals surface area contributed by atoms with Crippen molar-refractivity contribution in [2.24, 2.45) is 13.0 Å². The highest BCUT2D eigenvalue weighted by Crippen LogP contribution is 2.31. The van der Waals surface area contributed by atoms with Gasteiger partial charge in [-0.25, -0.2) is 18.6 Å². The van der Waals surface area contributed by atoms with Crippen molar-refractivity contribution in [1.29, 1.82) is 0 Å². The van der Waals surface area contributed by atoms with E-state index in [0.717, 1.165) is 17.9 Å². The second-order valence-electron chi connectivity index (χ2n) is 8.29. The number of halogens is 2. The minimum absolute atomic E-state index is 0.0835. The van der Waals surface area contributed by atoms with E-state index in [1.807, 2.05) is 13.8 Å². The summed E-state index contributed by atoms with van der Waals surface area (Å²) in [6.07, 6.45) is 1.00. The van der Waals surface area contributed by atoms with Crippen LogP contribution in [0.15, 0.2) is 33.9 Å². The molecule has 0 spiro atoms. The highest BCUT2D eigenvalue weighted by molar-refractivity contribution is 5.77. The number of nitrogens with zero attached hydrogens (tertiary/aromatic N) is 4. The van der Waals surface area contributed by atoms with Gasteiger partial charge in [-0.15, -0.1) is 0 Å². The maximum atomic E-state index is 13.9. The lowest BCUT2D eigenvalue weighted by atomic mass is 10.1. The summed E-state index contributed by atoms with van der Waals surface area (Å²) in [4.78, 5) is 30.5. The Balaban J connectivity index is 2.33. The van der Waals surface area contributed by atoms with E-state index in [2.05, 4.69) is 4.98 Å². The maximum Gasteiger partial charge on any atom is 0.332 e. The number of imidazole rings is 1. The van der Waals surface area contributed by atoms with Crippen LogP contribution in [0.25, 0.3) is 22.6 Å². The zero-order chi connectivity index (χ0) is 22.9. The van der Waals surface area contributed by atoms with Crippen molar-refractivity contribution in [1.82, 2.24) is 18.7 Å². The van der Waals surface area contributed by atoms with Crippen molar-refractivity contribution in [2.45, 2.75) is 52.6 Å². The molecule has 0 saturated carbocycles. The van der Waals surface area contributed by atoms with Crippen molar-refractivity contribution >= 4 is 11.2 Å². The highest BCUT2D eigenvalue weighted by Gasteiger charge is 2.26. The van der Waals surface area contributed by atoms with E-state index in [1.54, 1.807) is 10.6 Å². The fourth-order valence-corrected chi connectivity index (χ4v) is 3.55. The Bertz CT molecular complexity index is 1200. The van der Waals surface area contributed by atoms with E-state index < -0.39 is 17.2 Å². The molecule has 3 rings (SSSR count). The first kappa shape index (κ1) is 22.9. The molecule has 0 radical (unpaired) electrons. The summed E-state index contributed by atoms with van der Waals surface area (Å²) in [6.45, 7) is 5.31. The lowest BCUT2D eigenvalue weighted by molar-refractivity contribution is 0.0175. The number of hydrogen-bond donors (Lipinski definition) is 1. The molecule has 0 saturated heterocycles. The fourth-order valence-electron chi connectivity index (χ4n) is 3.55. The second-order valence-corrected chi connectivity index (χ2v) is 8.29. The van der Waals surface area contributed by atoms with Crippen LogP contribution in [-0.4, -0.2) is 30.4 Å². The van der Waals surface area contributed by atoms with E-state index in [9.17, 15) is 18.4 Å². The van der Waals surface area contributed by atoms with Gasteiger partial charge in [-0.1, -0.05) is 32.0 Å². The zero-order valence-corrected chi connectivity index (χ0v) is 18.2. The quantitative estimate of drug-likeness (QED) is 0.591. The molecule has 1 N–H and O–H groups in total. The summed E-state index contributed by atoms with van der Waals surface area (Å²) in [5.74, 6) is -2.32. The Morgan fingerprint density at radius 2 is 1.87 bits per heavy atom.